The molecule has 0 radical (unpaired) electrons. The Morgan fingerprint density at radius 1 is 1.07 bits per heavy atom. The second kappa shape index (κ2) is 9.43. The summed E-state index contributed by atoms with van der Waals surface area (Å²) >= 11 is 6.37. The summed E-state index contributed by atoms with van der Waals surface area (Å²) in [6.45, 7) is 4.76. The lowest BCUT2D eigenvalue weighted by molar-refractivity contribution is -0.0973. The largest absolute Gasteiger partial charge is 0.388 e. The number of fused-ring (bicyclic) bond motifs is 1. The Morgan fingerprint density at radius 2 is 1.75 bits per heavy atom. The fourth-order valence-electron chi connectivity index (χ4n) is 8.89. The molecule has 5 fully saturated rings. The van der Waals surface area contributed by atoms with E-state index in [-0.39, 0.29) is 28.1 Å². The standard InChI is InChI=1S/C24H36ClN5O8P2/c1-22-5-13-6-23(2,8-22)10-24(7-13,9-22)29-18-15-19(28-21(25)27-18)30(11-26-15)20-17(32)16(31)14(38-20)3-4-39(33,34)12-40(35,36)37/h11,13-14,16-17,20,31-32H,3-10,12H2,1-2H3,(H,33,34)(H,27,28,29)(H2,35,36,37)/t13-,14-,16+,17+,20-,22+,23-,24-/m1/s1. The lowest BCUT2D eigenvalue weighted by Gasteiger charge is -2.65. The molecule has 2 aromatic rings. The second-order valence-corrected chi connectivity index (χ2v) is 18.4. The first-order valence-corrected chi connectivity index (χ1v) is 17.7. The van der Waals surface area contributed by atoms with Crippen LogP contribution in [0.5, 0.6) is 0 Å². The van der Waals surface area contributed by atoms with Crippen LogP contribution in [0.15, 0.2) is 6.33 Å². The minimum absolute atomic E-state index is 0.0119. The van der Waals surface area contributed by atoms with Crippen molar-refractivity contribution in [2.45, 2.75) is 88.9 Å². The minimum atomic E-state index is -4.70. The maximum atomic E-state index is 12.2. The zero-order valence-electron chi connectivity index (χ0n) is 22.4. The molecule has 4 aliphatic carbocycles. The van der Waals surface area contributed by atoms with Crippen LogP contribution in [0.25, 0.3) is 11.2 Å². The molecule has 3 heterocycles. The van der Waals surface area contributed by atoms with Crippen molar-refractivity contribution < 1.29 is 38.8 Å². The Morgan fingerprint density at radius 3 is 2.38 bits per heavy atom. The van der Waals surface area contributed by atoms with Gasteiger partial charge in [0.15, 0.2) is 23.2 Å². The molecule has 6 N–H and O–H groups in total. The van der Waals surface area contributed by atoms with Crippen molar-refractivity contribution in [1.82, 2.24) is 19.5 Å². The predicted molar refractivity (Wildman–Crippen MR) is 146 cm³/mol. The Kier molecular flexibility index (Phi) is 6.83. The number of rotatable bonds is 8. The first kappa shape index (κ1) is 29.0. The van der Waals surface area contributed by atoms with Gasteiger partial charge in [-0.1, -0.05) is 13.8 Å². The van der Waals surface area contributed by atoms with Crippen molar-refractivity contribution in [3.8, 4) is 0 Å². The highest BCUT2D eigenvalue weighted by Crippen LogP contribution is 2.67. The third kappa shape index (κ3) is 5.38. The number of anilines is 1. The van der Waals surface area contributed by atoms with Crippen molar-refractivity contribution in [2.24, 2.45) is 16.7 Å². The number of aliphatic hydroxyl groups is 2. The van der Waals surface area contributed by atoms with Gasteiger partial charge in [0, 0.05) is 11.7 Å². The van der Waals surface area contributed by atoms with Crippen molar-refractivity contribution in [3.05, 3.63) is 11.6 Å². The molecule has 0 amide bonds. The molecule has 0 spiro atoms. The number of hydrogen-bond acceptors (Lipinski definition) is 9. The van der Waals surface area contributed by atoms with E-state index in [1.165, 1.54) is 30.2 Å². The molecule has 4 saturated carbocycles. The summed E-state index contributed by atoms with van der Waals surface area (Å²) in [5.41, 5.74) is 1.16. The summed E-state index contributed by atoms with van der Waals surface area (Å²) in [4.78, 5) is 41.5. The molecule has 1 aliphatic heterocycles. The number of imidazole rings is 1. The number of hydrogen-bond donors (Lipinski definition) is 6. The van der Waals surface area contributed by atoms with Gasteiger partial charge in [0.1, 0.15) is 18.1 Å². The van der Waals surface area contributed by atoms with Crippen LogP contribution in [-0.2, 0) is 13.9 Å². The molecule has 1 unspecified atom stereocenters. The lowest BCUT2D eigenvalue weighted by atomic mass is 9.43. The van der Waals surface area contributed by atoms with Crippen molar-refractivity contribution in [1.29, 1.82) is 0 Å². The van der Waals surface area contributed by atoms with Gasteiger partial charge in [-0.2, -0.15) is 9.97 Å². The van der Waals surface area contributed by atoms with Gasteiger partial charge in [0.05, 0.1) is 12.4 Å². The van der Waals surface area contributed by atoms with E-state index < -0.39 is 51.6 Å². The highest BCUT2D eigenvalue weighted by atomic mass is 35.5. The summed E-state index contributed by atoms with van der Waals surface area (Å²) < 4.78 is 30.8. The van der Waals surface area contributed by atoms with Gasteiger partial charge in [0.2, 0.25) is 12.7 Å². The highest BCUT2D eigenvalue weighted by Gasteiger charge is 2.60. The van der Waals surface area contributed by atoms with E-state index in [2.05, 4.69) is 34.1 Å². The molecule has 4 bridgehead atoms. The predicted octanol–water partition coefficient (Wildman–Crippen LogP) is 3.06. The fraction of sp³-hybridized carbons (Fsp3) is 0.792. The van der Waals surface area contributed by atoms with Gasteiger partial charge in [0.25, 0.3) is 0 Å². The second-order valence-electron chi connectivity index (χ2n) is 13.4. The van der Waals surface area contributed by atoms with Crippen LogP contribution in [0.2, 0.25) is 5.28 Å². The minimum Gasteiger partial charge on any atom is -0.388 e. The summed E-state index contributed by atoms with van der Waals surface area (Å²) in [5, 5.41) is 25.1. The van der Waals surface area contributed by atoms with Gasteiger partial charge in [-0.15, -0.1) is 0 Å². The lowest BCUT2D eigenvalue weighted by Crippen LogP contribution is -2.61. The summed E-state index contributed by atoms with van der Waals surface area (Å²) in [5.74, 6) is -0.00112. The highest BCUT2D eigenvalue weighted by molar-refractivity contribution is 7.72. The van der Waals surface area contributed by atoms with Crippen molar-refractivity contribution in [3.63, 3.8) is 0 Å². The molecule has 2 aromatic heterocycles. The molecule has 1 saturated heterocycles. The number of nitrogens with zero attached hydrogens (tertiary/aromatic N) is 4. The number of halogens is 1. The van der Waals surface area contributed by atoms with Crippen LogP contribution in [0.4, 0.5) is 5.82 Å². The molecule has 0 aromatic carbocycles. The van der Waals surface area contributed by atoms with Gasteiger partial charge in [-0.3, -0.25) is 13.7 Å². The van der Waals surface area contributed by atoms with E-state index in [4.69, 9.17) is 26.1 Å². The Hall–Kier alpha value is -1.14. The molecule has 16 heteroatoms. The number of ether oxygens (including phenoxy) is 1. The van der Waals surface area contributed by atoms with Crippen molar-refractivity contribution in [2.75, 3.05) is 17.4 Å². The normalized spacial score (nSPS) is 40.5. The molecule has 13 nitrogen and oxygen atoms in total. The van der Waals surface area contributed by atoms with Crippen LogP contribution < -0.4 is 5.32 Å². The van der Waals surface area contributed by atoms with Gasteiger partial charge < -0.3 is 34.9 Å². The first-order valence-electron chi connectivity index (χ1n) is 13.5. The van der Waals surface area contributed by atoms with Gasteiger partial charge in [-0.05, 0) is 73.3 Å². The molecule has 9 atom stereocenters. The third-order valence-electron chi connectivity index (χ3n) is 9.18. The van der Waals surface area contributed by atoms with Gasteiger partial charge >= 0.3 is 7.60 Å². The van der Waals surface area contributed by atoms with E-state index in [1.54, 1.807) is 0 Å². The van der Waals surface area contributed by atoms with E-state index in [9.17, 15) is 24.2 Å². The van der Waals surface area contributed by atoms with Crippen LogP contribution >= 0.6 is 26.6 Å². The first-order chi connectivity index (χ1) is 18.5. The molecular formula is C24H36ClN5O8P2. The maximum absolute atomic E-state index is 12.2. The number of aromatic nitrogens is 4. The Balaban J connectivity index is 1.25. The average molecular weight is 620 g/mol. The van der Waals surface area contributed by atoms with Crippen LogP contribution in [0.1, 0.15) is 65.0 Å². The maximum Gasteiger partial charge on any atom is 0.335 e. The molecule has 222 valence electrons. The zero-order valence-corrected chi connectivity index (χ0v) is 24.9. The van der Waals surface area contributed by atoms with E-state index >= 15 is 0 Å². The van der Waals surface area contributed by atoms with Gasteiger partial charge in [-0.25, -0.2) is 4.98 Å². The van der Waals surface area contributed by atoms with Crippen LogP contribution in [0, 0.1) is 16.7 Å². The van der Waals surface area contributed by atoms with E-state index in [1.807, 2.05) is 0 Å². The fourth-order valence-corrected chi connectivity index (χ4v) is 12.6. The zero-order chi connectivity index (χ0) is 28.9. The van der Waals surface area contributed by atoms with E-state index in [0.29, 0.717) is 22.9 Å². The van der Waals surface area contributed by atoms with Crippen LogP contribution in [-0.4, -0.2) is 80.3 Å². The molecule has 40 heavy (non-hydrogen) atoms. The summed E-state index contributed by atoms with van der Waals surface area (Å²) in [6, 6.07) is 0. The number of nitrogens with one attached hydrogen (secondary N) is 1. The molecule has 7 rings (SSSR count). The van der Waals surface area contributed by atoms with E-state index in [0.717, 1.165) is 19.3 Å². The smallest absolute Gasteiger partial charge is 0.335 e. The number of aliphatic hydroxyl groups excluding tert-OH is 2. The van der Waals surface area contributed by atoms with Crippen LogP contribution in [0.3, 0.4) is 0 Å². The Labute approximate surface area is 236 Å². The molecular weight excluding hydrogens is 584 g/mol. The third-order valence-corrected chi connectivity index (χ3v) is 13.6. The Bertz CT molecular complexity index is 1420. The topological polar surface area (TPSA) is 200 Å². The molecule has 5 aliphatic rings. The average Bonchev–Trinajstić information content (AvgIpc) is 3.29. The summed E-state index contributed by atoms with van der Waals surface area (Å²) in [6.07, 6.45) is 2.55. The van der Waals surface area contributed by atoms with Crippen molar-refractivity contribution >= 4 is 43.5 Å². The summed E-state index contributed by atoms with van der Waals surface area (Å²) in [7, 11) is -8.89. The monoisotopic (exact) mass is 619 g/mol. The quantitative estimate of drug-likeness (QED) is 0.187. The SMILES string of the molecule is C[C@]12C[C@@H]3C[C@](C)(C1)C[C@@](Nc1nc(Cl)nc4c1ncn4[C@@H]1O[C@H](CCP(=O)(O)CP(=O)(O)O)[C@H](O)[C@@H]1O)(C3)C2.